The summed E-state index contributed by atoms with van der Waals surface area (Å²) in [6.45, 7) is 2.20. The van der Waals surface area contributed by atoms with Gasteiger partial charge in [0.2, 0.25) is 5.91 Å². The summed E-state index contributed by atoms with van der Waals surface area (Å²) in [6.07, 6.45) is 2.22. The first-order valence-electron chi connectivity index (χ1n) is 5.63. The number of rotatable bonds is 4. The van der Waals surface area contributed by atoms with Crippen molar-refractivity contribution in [1.82, 2.24) is 35.3 Å². The Morgan fingerprint density at radius 1 is 1.58 bits per heavy atom. The van der Waals surface area contributed by atoms with Crippen LogP contribution in [0.5, 0.6) is 0 Å². The molecule has 98 valence electrons. The third-order valence-corrected chi connectivity index (χ3v) is 3.47. The Kier molecular flexibility index (Phi) is 2.95. The predicted octanol–water partition coefficient (Wildman–Crippen LogP) is 0.0762. The minimum Gasteiger partial charge on any atom is -0.348 e. The number of aromatic nitrogens is 6. The molecule has 0 aromatic carbocycles. The van der Waals surface area contributed by atoms with E-state index in [2.05, 4.69) is 30.9 Å². The number of fused-ring (bicyclic) bond motifs is 1. The van der Waals surface area contributed by atoms with Gasteiger partial charge < -0.3 is 5.32 Å². The van der Waals surface area contributed by atoms with E-state index in [-0.39, 0.29) is 12.5 Å². The van der Waals surface area contributed by atoms with Crippen molar-refractivity contribution < 1.29 is 4.79 Å². The lowest BCUT2D eigenvalue weighted by atomic mass is 10.3. The van der Waals surface area contributed by atoms with Gasteiger partial charge in [-0.25, -0.2) is 4.98 Å². The molecule has 0 aliphatic carbocycles. The number of H-pyrrole nitrogens is 1. The van der Waals surface area contributed by atoms with Crippen molar-refractivity contribution in [2.75, 3.05) is 0 Å². The number of nitrogens with one attached hydrogen (secondary N) is 2. The van der Waals surface area contributed by atoms with Gasteiger partial charge in [-0.3, -0.25) is 9.20 Å². The van der Waals surface area contributed by atoms with Gasteiger partial charge in [0.15, 0.2) is 10.8 Å². The minimum atomic E-state index is -0.0872. The van der Waals surface area contributed by atoms with Gasteiger partial charge in [0, 0.05) is 17.3 Å². The zero-order valence-corrected chi connectivity index (χ0v) is 10.9. The summed E-state index contributed by atoms with van der Waals surface area (Å²) >= 11 is 1.52. The van der Waals surface area contributed by atoms with Crippen LogP contribution in [0.2, 0.25) is 0 Å². The Morgan fingerprint density at radius 3 is 3.26 bits per heavy atom. The van der Waals surface area contributed by atoms with E-state index in [4.69, 9.17) is 0 Å². The van der Waals surface area contributed by atoms with Crippen LogP contribution in [-0.2, 0) is 17.8 Å². The number of hydrogen-bond donors (Lipinski definition) is 2. The van der Waals surface area contributed by atoms with Crippen molar-refractivity contribution in [3.63, 3.8) is 0 Å². The lowest BCUT2D eigenvalue weighted by Gasteiger charge is -2.01. The monoisotopic (exact) mass is 277 g/mol. The Bertz CT molecular complexity index is 699. The summed E-state index contributed by atoms with van der Waals surface area (Å²) in [5, 5.41) is 18.0. The van der Waals surface area contributed by atoms with Crippen molar-refractivity contribution in [2.24, 2.45) is 0 Å². The standard InChI is InChI=1S/C10H11N7OS/c1-6-4-17-7(5-19-10(17)12-6)2-9(18)11-3-8-13-15-16-14-8/h4-5H,2-3H2,1H3,(H,11,18)(H,13,14,15,16). The van der Waals surface area contributed by atoms with Gasteiger partial charge in [-0.1, -0.05) is 5.21 Å². The molecule has 0 atom stereocenters. The number of aromatic amines is 1. The molecule has 0 unspecified atom stereocenters. The van der Waals surface area contributed by atoms with E-state index in [0.29, 0.717) is 12.2 Å². The van der Waals surface area contributed by atoms with Gasteiger partial charge in [-0.15, -0.1) is 21.5 Å². The second-order valence-corrected chi connectivity index (χ2v) is 4.88. The molecule has 0 aliphatic heterocycles. The molecule has 8 nitrogen and oxygen atoms in total. The summed E-state index contributed by atoms with van der Waals surface area (Å²) in [6, 6.07) is 0. The molecule has 9 heteroatoms. The fourth-order valence-corrected chi connectivity index (χ4v) is 2.65. The minimum absolute atomic E-state index is 0.0872. The molecule has 3 rings (SSSR count). The van der Waals surface area contributed by atoms with E-state index >= 15 is 0 Å². The largest absolute Gasteiger partial charge is 0.348 e. The normalized spacial score (nSPS) is 11.0. The smallest absolute Gasteiger partial charge is 0.226 e. The van der Waals surface area contributed by atoms with Crippen LogP contribution in [0.4, 0.5) is 0 Å². The first-order chi connectivity index (χ1) is 9.22. The molecule has 3 aromatic rings. The molecular weight excluding hydrogens is 266 g/mol. The van der Waals surface area contributed by atoms with Crippen LogP contribution >= 0.6 is 11.3 Å². The van der Waals surface area contributed by atoms with Gasteiger partial charge in [0.05, 0.1) is 18.7 Å². The highest BCUT2D eigenvalue weighted by Crippen LogP contribution is 2.16. The number of carbonyl (C=O) groups is 1. The Labute approximate surface area is 111 Å². The molecular formula is C10H11N7OS. The highest BCUT2D eigenvalue weighted by Gasteiger charge is 2.10. The van der Waals surface area contributed by atoms with Crippen LogP contribution in [0, 0.1) is 6.92 Å². The molecule has 0 radical (unpaired) electrons. The SMILES string of the molecule is Cc1cn2c(CC(=O)NCc3nn[nH]n3)csc2n1. The van der Waals surface area contributed by atoms with E-state index in [9.17, 15) is 4.79 Å². The molecule has 0 saturated heterocycles. The average molecular weight is 277 g/mol. The van der Waals surface area contributed by atoms with E-state index in [1.54, 1.807) is 0 Å². The van der Waals surface area contributed by atoms with Gasteiger partial charge in [-0.2, -0.15) is 5.21 Å². The molecule has 19 heavy (non-hydrogen) atoms. The Hall–Kier alpha value is -2.29. The summed E-state index contributed by atoms with van der Waals surface area (Å²) < 4.78 is 1.94. The molecule has 1 amide bonds. The van der Waals surface area contributed by atoms with Gasteiger partial charge in [-0.05, 0) is 6.92 Å². The first kappa shape index (κ1) is 11.8. The number of carbonyl (C=O) groups excluding carboxylic acids is 1. The molecule has 0 fully saturated rings. The quantitative estimate of drug-likeness (QED) is 0.703. The van der Waals surface area contributed by atoms with Crippen LogP contribution in [0.3, 0.4) is 0 Å². The predicted molar refractivity (Wildman–Crippen MR) is 67.5 cm³/mol. The van der Waals surface area contributed by atoms with Gasteiger partial charge in [0.1, 0.15) is 0 Å². The number of imidazole rings is 1. The number of hydrogen-bond acceptors (Lipinski definition) is 6. The van der Waals surface area contributed by atoms with E-state index in [1.807, 2.05) is 22.9 Å². The average Bonchev–Trinajstić information content (AvgIpc) is 3.06. The maximum Gasteiger partial charge on any atom is 0.226 e. The Morgan fingerprint density at radius 2 is 2.47 bits per heavy atom. The van der Waals surface area contributed by atoms with Gasteiger partial charge >= 0.3 is 0 Å². The summed E-state index contributed by atoms with van der Waals surface area (Å²) in [5.41, 5.74) is 1.87. The molecule has 2 N–H and O–H groups in total. The second-order valence-electron chi connectivity index (χ2n) is 4.04. The van der Waals surface area contributed by atoms with Crippen molar-refractivity contribution >= 4 is 22.2 Å². The topological polar surface area (TPSA) is 101 Å². The van der Waals surface area contributed by atoms with Crippen molar-refractivity contribution in [2.45, 2.75) is 19.9 Å². The fraction of sp³-hybridized carbons (Fsp3) is 0.300. The van der Waals surface area contributed by atoms with Crippen molar-refractivity contribution in [3.8, 4) is 0 Å². The third-order valence-electron chi connectivity index (χ3n) is 2.58. The highest BCUT2D eigenvalue weighted by atomic mass is 32.1. The number of aryl methyl sites for hydroxylation is 1. The maximum absolute atomic E-state index is 11.8. The fourth-order valence-electron chi connectivity index (χ4n) is 1.73. The van der Waals surface area contributed by atoms with Crippen molar-refractivity contribution in [1.29, 1.82) is 0 Å². The molecule has 3 aromatic heterocycles. The lowest BCUT2D eigenvalue weighted by Crippen LogP contribution is -2.25. The van der Waals surface area contributed by atoms with Crippen LogP contribution in [-0.4, -0.2) is 35.9 Å². The van der Waals surface area contributed by atoms with Crippen molar-refractivity contribution in [3.05, 3.63) is 28.8 Å². The number of thiazole rings is 1. The zero-order chi connectivity index (χ0) is 13.2. The highest BCUT2D eigenvalue weighted by molar-refractivity contribution is 7.15. The zero-order valence-electron chi connectivity index (χ0n) is 10.1. The van der Waals surface area contributed by atoms with Crippen LogP contribution in [0.25, 0.3) is 4.96 Å². The van der Waals surface area contributed by atoms with Gasteiger partial charge in [0.25, 0.3) is 0 Å². The van der Waals surface area contributed by atoms with Crippen LogP contribution in [0.1, 0.15) is 17.2 Å². The lowest BCUT2D eigenvalue weighted by molar-refractivity contribution is -0.120. The van der Waals surface area contributed by atoms with E-state index in [1.165, 1.54) is 11.3 Å². The molecule has 0 aliphatic rings. The first-order valence-corrected chi connectivity index (χ1v) is 6.51. The summed E-state index contributed by atoms with van der Waals surface area (Å²) in [7, 11) is 0. The summed E-state index contributed by atoms with van der Waals surface area (Å²) in [4.78, 5) is 17.1. The molecule has 3 heterocycles. The molecule has 0 saturated carbocycles. The second kappa shape index (κ2) is 4.76. The van der Waals surface area contributed by atoms with Crippen LogP contribution in [0.15, 0.2) is 11.6 Å². The Balaban J connectivity index is 1.65. The van der Waals surface area contributed by atoms with E-state index < -0.39 is 0 Å². The van der Waals surface area contributed by atoms with Crippen LogP contribution < -0.4 is 5.32 Å². The third kappa shape index (κ3) is 2.45. The van der Waals surface area contributed by atoms with E-state index in [0.717, 1.165) is 16.3 Å². The summed E-state index contributed by atoms with van der Waals surface area (Å²) in [5.74, 6) is 0.373. The number of amides is 1. The number of nitrogens with zero attached hydrogens (tertiary/aromatic N) is 5. The number of tetrazole rings is 1. The maximum atomic E-state index is 11.8. The molecule has 0 spiro atoms. The molecule has 0 bridgehead atoms.